The van der Waals surface area contributed by atoms with E-state index in [2.05, 4.69) is 0 Å². The second kappa shape index (κ2) is 7.60. The highest BCUT2D eigenvalue weighted by Gasteiger charge is 2.52. The summed E-state index contributed by atoms with van der Waals surface area (Å²) in [5.74, 6) is -0.970. The minimum atomic E-state index is -0.686. The summed E-state index contributed by atoms with van der Waals surface area (Å²) >= 11 is 0. The van der Waals surface area contributed by atoms with E-state index in [0.29, 0.717) is 0 Å². The van der Waals surface area contributed by atoms with Crippen LogP contribution in [0.4, 0.5) is 0 Å². The highest BCUT2D eigenvalue weighted by atomic mass is 16.6. The Bertz CT molecular complexity index is 872. The largest absolute Gasteiger partial charge is 0.452 e. The van der Waals surface area contributed by atoms with Gasteiger partial charge in [0.2, 0.25) is 0 Å². The summed E-state index contributed by atoms with van der Waals surface area (Å²) in [6.45, 7) is 0. The number of ether oxygens (including phenoxy) is 3. The van der Waals surface area contributed by atoms with E-state index < -0.39 is 24.1 Å². The standard InChI is InChI=1S/C22H18O5/c23-18(13-11-15-7-3-1-4-8-15)25-17-12-14-19(24)26-21(17)22-20(27-22)16-9-5-2-6-10-16/h1-14,17,20-22H/b13-11+/t17-,20-,21+,22+/m1/s1. The molecule has 0 amide bonds. The minimum absolute atomic E-state index is 0.170. The molecule has 0 aliphatic carbocycles. The van der Waals surface area contributed by atoms with Crippen LogP contribution < -0.4 is 0 Å². The van der Waals surface area contributed by atoms with Crippen molar-refractivity contribution in [2.24, 2.45) is 0 Å². The zero-order valence-corrected chi connectivity index (χ0v) is 14.4. The predicted molar refractivity (Wildman–Crippen MR) is 98.4 cm³/mol. The van der Waals surface area contributed by atoms with E-state index >= 15 is 0 Å². The molecular formula is C22H18O5. The molecule has 5 heteroatoms. The molecule has 0 saturated carbocycles. The highest BCUT2D eigenvalue weighted by Crippen LogP contribution is 2.43. The maximum Gasteiger partial charge on any atom is 0.331 e. The molecular weight excluding hydrogens is 344 g/mol. The number of carbonyl (C=O) groups is 2. The van der Waals surface area contributed by atoms with Crippen LogP contribution in [-0.4, -0.2) is 30.3 Å². The van der Waals surface area contributed by atoms with Gasteiger partial charge in [-0.15, -0.1) is 0 Å². The Hall–Kier alpha value is -3.18. The predicted octanol–water partition coefficient (Wildman–Crippen LogP) is 3.23. The van der Waals surface area contributed by atoms with Gasteiger partial charge in [0.1, 0.15) is 12.2 Å². The molecule has 2 heterocycles. The molecule has 1 fully saturated rings. The molecule has 0 bridgehead atoms. The van der Waals surface area contributed by atoms with Gasteiger partial charge in [0, 0.05) is 12.2 Å². The van der Waals surface area contributed by atoms with Crippen LogP contribution in [0.25, 0.3) is 6.08 Å². The van der Waals surface area contributed by atoms with Crippen LogP contribution in [0.15, 0.2) is 78.9 Å². The Balaban J connectivity index is 1.42. The fourth-order valence-corrected chi connectivity index (χ4v) is 3.07. The Morgan fingerprint density at radius 1 is 0.963 bits per heavy atom. The summed E-state index contributed by atoms with van der Waals surface area (Å²) in [5, 5.41) is 0. The molecule has 1 saturated heterocycles. The van der Waals surface area contributed by atoms with Crippen molar-refractivity contribution in [3.8, 4) is 0 Å². The molecule has 136 valence electrons. The third-order valence-electron chi connectivity index (χ3n) is 4.44. The van der Waals surface area contributed by atoms with Crippen molar-refractivity contribution < 1.29 is 23.8 Å². The van der Waals surface area contributed by atoms with Crippen molar-refractivity contribution in [2.45, 2.75) is 24.4 Å². The molecule has 4 atom stereocenters. The maximum atomic E-state index is 12.2. The lowest BCUT2D eigenvalue weighted by atomic mass is 10.0. The van der Waals surface area contributed by atoms with Crippen molar-refractivity contribution in [3.63, 3.8) is 0 Å². The first kappa shape index (κ1) is 17.2. The number of cyclic esters (lactones) is 1. The quantitative estimate of drug-likeness (QED) is 0.464. The summed E-state index contributed by atoms with van der Waals surface area (Å²) in [5.41, 5.74) is 1.90. The average molecular weight is 362 g/mol. The maximum absolute atomic E-state index is 12.2. The van der Waals surface area contributed by atoms with Crippen LogP contribution in [0, 0.1) is 0 Å². The lowest BCUT2D eigenvalue weighted by molar-refractivity contribution is -0.161. The average Bonchev–Trinajstić information content (AvgIpc) is 3.50. The van der Waals surface area contributed by atoms with Crippen molar-refractivity contribution in [1.82, 2.24) is 0 Å². The summed E-state index contributed by atoms with van der Waals surface area (Å²) in [7, 11) is 0. The molecule has 2 aromatic rings. The number of esters is 2. The summed E-state index contributed by atoms with van der Waals surface area (Å²) in [6, 6.07) is 19.1. The number of carbonyl (C=O) groups excluding carboxylic acids is 2. The number of rotatable bonds is 5. The van der Waals surface area contributed by atoms with Crippen molar-refractivity contribution in [2.75, 3.05) is 0 Å². The molecule has 2 aliphatic rings. The van der Waals surface area contributed by atoms with E-state index in [0.717, 1.165) is 11.1 Å². The molecule has 0 radical (unpaired) electrons. The zero-order valence-electron chi connectivity index (χ0n) is 14.4. The first-order valence-corrected chi connectivity index (χ1v) is 8.74. The normalized spacial score (nSPS) is 26.6. The first-order valence-electron chi connectivity index (χ1n) is 8.74. The van der Waals surface area contributed by atoms with Gasteiger partial charge in [-0.3, -0.25) is 0 Å². The van der Waals surface area contributed by atoms with E-state index in [1.807, 2.05) is 60.7 Å². The molecule has 0 N–H and O–H groups in total. The minimum Gasteiger partial charge on any atom is -0.452 e. The highest BCUT2D eigenvalue weighted by molar-refractivity contribution is 5.88. The van der Waals surface area contributed by atoms with E-state index in [-0.39, 0.29) is 12.2 Å². The van der Waals surface area contributed by atoms with Gasteiger partial charge in [0.15, 0.2) is 12.2 Å². The first-order chi connectivity index (χ1) is 13.2. The van der Waals surface area contributed by atoms with Gasteiger partial charge >= 0.3 is 11.9 Å². The number of epoxide rings is 1. The van der Waals surface area contributed by atoms with Gasteiger partial charge in [-0.05, 0) is 23.3 Å². The summed E-state index contributed by atoms with van der Waals surface area (Å²) in [6.07, 6.45) is 4.00. The third-order valence-corrected chi connectivity index (χ3v) is 4.44. The van der Waals surface area contributed by atoms with E-state index in [1.54, 1.807) is 12.2 Å². The summed E-state index contributed by atoms with van der Waals surface area (Å²) < 4.78 is 16.6. The molecule has 0 unspecified atom stereocenters. The molecule has 2 aliphatic heterocycles. The zero-order chi connectivity index (χ0) is 18.6. The molecule has 0 aromatic heterocycles. The van der Waals surface area contributed by atoms with Crippen LogP contribution >= 0.6 is 0 Å². The van der Waals surface area contributed by atoms with Gasteiger partial charge in [-0.25, -0.2) is 9.59 Å². The Morgan fingerprint density at radius 2 is 1.67 bits per heavy atom. The third kappa shape index (κ3) is 4.15. The van der Waals surface area contributed by atoms with Crippen LogP contribution in [0.1, 0.15) is 17.2 Å². The molecule has 27 heavy (non-hydrogen) atoms. The van der Waals surface area contributed by atoms with Crippen molar-refractivity contribution in [1.29, 1.82) is 0 Å². The van der Waals surface area contributed by atoms with Crippen molar-refractivity contribution >= 4 is 18.0 Å². The van der Waals surface area contributed by atoms with Crippen LogP contribution in [0.3, 0.4) is 0 Å². The van der Waals surface area contributed by atoms with Gasteiger partial charge in [0.25, 0.3) is 0 Å². The van der Waals surface area contributed by atoms with Gasteiger partial charge in [-0.1, -0.05) is 60.7 Å². The van der Waals surface area contributed by atoms with Crippen LogP contribution in [0.2, 0.25) is 0 Å². The number of hydrogen-bond acceptors (Lipinski definition) is 5. The monoisotopic (exact) mass is 362 g/mol. The smallest absolute Gasteiger partial charge is 0.331 e. The lowest BCUT2D eigenvalue weighted by Crippen LogP contribution is -2.40. The van der Waals surface area contributed by atoms with Gasteiger partial charge < -0.3 is 14.2 Å². The van der Waals surface area contributed by atoms with E-state index in [1.165, 1.54) is 12.2 Å². The molecule has 2 aromatic carbocycles. The molecule has 5 nitrogen and oxygen atoms in total. The Morgan fingerprint density at radius 3 is 2.41 bits per heavy atom. The lowest BCUT2D eigenvalue weighted by Gasteiger charge is -2.25. The van der Waals surface area contributed by atoms with Crippen LogP contribution in [-0.2, 0) is 23.8 Å². The van der Waals surface area contributed by atoms with Gasteiger partial charge in [-0.2, -0.15) is 0 Å². The molecule has 4 rings (SSSR count). The van der Waals surface area contributed by atoms with Crippen molar-refractivity contribution in [3.05, 3.63) is 90.0 Å². The topological polar surface area (TPSA) is 65.1 Å². The molecule has 0 spiro atoms. The fourth-order valence-electron chi connectivity index (χ4n) is 3.07. The Kier molecular flexibility index (Phi) is 4.85. The SMILES string of the molecule is O=C1C=C[C@@H](OC(=O)/C=C/c2ccccc2)[C@@H]([C@H]2O[C@@H]2c2ccccc2)O1. The number of hydrogen-bond donors (Lipinski definition) is 0. The Labute approximate surface area is 156 Å². The fraction of sp³-hybridized carbons (Fsp3) is 0.182. The van der Waals surface area contributed by atoms with Gasteiger partial charge in [0.05, 0.1) is 0 Å². The van der Waals surface area contributed by atoms with E-state index in [9.17, 15) is 9.59 Å². The second-order valence-corrected chi connectivity index (χ2v) is 6.34. The second-order valence-electron chi connectivity index (χ2n) is 6.34. The number of benzene rings is 2. The summed E-state index contributed by atoms with van der Waals surface area (Å²) in [4.78, 5) is 23.9. The van der Waals surface area contributed by atoms with E-state index in [4.69, 9.17) is 14.2 Å². The van der Waals surface area contributed by atoms with Crippen LogP contribution in [0.5, 0.6) is 0 Å².